The SMILES string of the molecule is CN(C)C(=O)COC1CSC2(C1)CN(C(=O)c1cnc3ccccn13)C2. The maximum Gasteiger partial charge on any atom is 0.272 e. The van der Waals surface area contributed by atoms with Gasteiger partial charge in [0.2, 0.25) is 5.91 Å². The highest BCUT2D eigenvalue weighted by Gasteiger charge is 2.51. The maximum absolute atomic E-state index is 12.8. The fourth-order valence-corrected chi connectivity index (χ4v) is 5.05. The molecule has 1 atom stereocenters. The summed E-state index contributed by atoms with van der Waals surface area (Å²) in [6, 6.07) is 5.69. The normalized spacial score (nSPS) is 21.2. The molecule has 1 spiro atoms. The van der Waals surface area contributed by atoms with Crippen molar-refractivity contribution in [2.24, 2.45) is 0 Å². The highest BCUT2D eigenvalue weighted by atomic mass is 32.2. The van der Waals surface area contributed by atoms with Gasteiger partial charge in [-0.3, -0.25) is 14.0 Å². The molecule has 0 radical (unpaired) electrons. The Hall–Kier alpha value is -2.06. The van der Waals surface area contributed by atoms with Crippen molar-refractivity contribution in [3.63, 3.8) is 0 Å². The number of likely N-dealkylation sites (N-methyl/N-ethyl adjacent to an activating group) is 1. The van der Waals surface area contributed by atoms with E-state index >= 15 is 0 Å². The van der Waals surface area contributed by atoms with Crippen molar-refractivity contribution in [1.29, 1.82) is 0 Å². The van der Waals surface area contributed by atoms with Crippen molar-refractivity contribution < 1.29 is 14.3 Å². The smallest absolute Gasteiger partial charge is 0.272 e. The molecule has 0 aromatic carbocycles. The predicted octanol–water partition coefficient (Wildman–Crippen LogP) is 1.14. The third-order valence-electron chi connectivity index (χ3n) is 5.00. The van der Waals surface area contributed by atoms with Crippen molar-refractivity contribution in [1.82, 2.24) is 19.2 Å². The number of rotatable bonds is 4. The lowest BCUT2D eigenvalue weighted by atomic mass is 9.92. The molecule has 2 fully saturated rings. The molecule has 2 aromatic heterocycles. The Morgan fingerprint density at radius 2 is 2.19 bits per heavy atom. The first-order chi connectivity index (χ1) is 12.5. The van der Waals surface area contributed by atoms with E-state index in [4.69, 9.17) is 4.74 Å². The molecular formula is C18H22N4O3S. The fraction of sp³-hybridized carbons (Fsp3) is 0.500. The van der Waals surface area contributed by atoms with E-state index < -0.39 is 0 Å². The molecule has 8 heteroatoms. The molecule has 2 aromatic rings. The second-order valence-electron chi connectivity index (χ2n) is 7.15. The molecule has 26 heavy (non-hydrogen) atoms. The number of likely N-dealkylation sites (tertiary alicyclic amines) is 1. The van der Waals surface area contributed by atoms with Gasteiger partial charge in [-0.05, 0) is 18.6 Å². The number of thioether (sulfide) groups is 1. The van der Waals surface area contributed by atoms with Gasteiger partial charge in [-0.1, -0.05) is 6.07 Å². The van der Waals surface area contributed by atoms with Crippen LogP contribution in [0.1, 0.15) is 16.9 Å². The highest BCUT2D eigenvalue weighted by molar-refractivity contribution is 8.01. The zero-order valence-electron chi connectivity index (χ0n) is 14.9. The second-order valence-corrected chi connectivity index (χ2v) is 8.64. The topological polar surface area (TPSA) is 67.2 Å². The van der Waals surface area contributed by atoms with Crippen LogP contribution in [0.2, 0.25) is 0 Å². The summed E-state index contributed by atoms with van der Waals surface area (Å²) in [5.41, 5.74) is 1.38. The zero-order valence-corrected chi connectivity index (χ0v) is 15.7. The molecule has 4 heterocycles. The van der Waals surface area contributed by atoms with Crippen molar-refractivity contribution >= 4 is 29.2 Å². The van der Waals surface area contributed by atoms with Crippen molar-refractivity contribution in [3.05, 3.63) is 36.3 Å². The summed E-state index contributed by atoms with van der Waals surface area (Å²) in [6.07, 6.45) is 4.47. The van der Waals surface area contributed by atoms with Crippen LogP contribution in [0.4, 0.5) is 0 Å². The Kier molecular flexibility index (Phi) is 4.40. The molecule has 0 bridgehead atoms. The minimum Gasteiger partial charge on any atom is -0.367 e. The maximum atomic E-state index is 12.8. The van der Waals surface area contributed by atoms with Crippen LogP contribution >= 0.6 is 11.8 Å². The quantitative estimate of drug-likeness (QED) is 0.803. The zero-order chi connectivity index (χ0) is 18.3. The Morgan fingerprint density at radius 1 is 1.38 bits per heavy atom. The first-order valence-corrected chi connectivity index (χ1v) is 9.63. The molecule has 0 saturated carbocycles. The van der Waals surface area contributed by atoms with Gasteiger partial charge in [0.15, 0.2) is 0 Å². The van der Waals surface area contributed by atoms with Crippen LogP contribution in [0.3, 0.4) is 0 Å². The van der Waals surface area contributed by atoms with Gasteiger partial charge in [0.1, 0.15) is 17.9 Å². The number of amides is 2. The molecule has 0 aliphatic carbocycles. The fourth-order valence-electron chi connectivity index (χ4n) is 3.49. The monoisotopic (exact) mass is 374 g/mol. The van der Waals surface area contributed by atoms with Gasteiger partial charge in [0.25, 0.3) is 5.91 Å². The minimum absolute atomic E-state index is 0.0158. The average Bonchev–Trinajstić information content (AvgIpc) is 3.22. The van der Waals surface area contributed by atoms with E-state index in [1.54, 1.807) is 20.3 Å². The van der Waals surface area contributed by atoms with E-state index in [0.717, 1.165) is 30.9 Å². The lowest BCUT2D eigenvalue weighted by Crippen LogP contribution is -2.60. The van der Waals surface area contributed by atoms with Gasteiger partial charge in [-0.25, -0.2) is 4.98 Å². The van der Waals surface area contributed by atoms with Crippen LogP contribution < -0.4 is 0 Å². The summed E-state index contributed by atoms with van der Waals surface area (Å²) in [6.45, 7) is 1.56. The molecule has 0 N–H and O–H groups in total. The van der Waals surface area contributed by atoms with E-state index in [1.807, 2.05) is 45.5 Å². The number of imidazole rings is 1. The standard InChI is InChI=1S/C18H22N4O3S/c1-20(2)16(23)9-25-13-7-18(26-10-13)11-21(12-18)17(24)14-8-19-15-5-3-4-6-22(14)15/h3-6,8,13H,7,9-12H2,1-2H3. The number of ether oxygens (including phenoxy) is 1. The number of carbonyl (C=O) groups excluding carboxylic acids is 2. The van der Waals surface area contributed by atoms with Crippen molar-refractivity contribution in [2.45, 2.75) is 17.3 Å². The van der Waals surface area contributed by atoms with Crippen LogP contribution in [-0.2, 0) is 9.53 Å². The van der Waals surface area contributed by atoms with Gasteiger partial charge in [-0.15, -0.1) is 11.8 Å². The Balaban J connectivity index is 1.34. The van der Waals surface area contributed by atoms with Crippen LogP contribution in [0.25, 0.3) is 5.65 Å². The van der Waals surface area contributed by atoms with E-state index in [9.17, 15) is 9.59 Å². The Bertz CT molecular complexity index is 844. The average molecular weight is 374 g/mol. The number of fused-ring (bicyclic) bond motifs is 1. The number of hydrogen-bond donors (Lipinski definition) is 0. The predicted molar refractivity (Wildman–Crippen MR) is 99.3 cm³/mol. The third kappa shape index (κ3) is 3.07. The van der Waals surface area contributed by atoms with Gasteiger partial charge in [0.05, 0.1) is 17.0 Å². The van der Waals surface area contributed by atoms with Crippen LogP contribution in [-0.4, -0.2) is 81.4 Å². The van der Waals surface area contributed by atoms with E-state index in [0.29, 0.717) is 5.69 Å². The minimum atomic E-state index is -0.0195. The largest absolute Gasteiger partial charge is 0.367 e. The molecular weight excluding hydrogens is 352 g/mol. The van der Waals surface area contributed by atoms with Gasteiger partial charge >= 0.3 is 0 Å². The summed E-state index contributed by atoms with van der Waals surface area (Å²) in [4.78, 5) is 32.1. The van der Waals surface area contributed by atoms with Gasteiger partial charge < -0.3 is 14.5 Å². The van der Waals surface area contributed by atoms with E-state index in [-0.39, 0.29) is 29.3 Å². The van der Waals surface area contributed by atoms with Crippen LogP contribution in [0.5, 0.6) is 0 Å². The Labute approximate surface area is 156 Å². The third-order valence-corrected chi connectivity index (χ3v) is 6.57. The van der Waals surface area contributed by atoms with Crippen LogP contribution in [0.15, 0.2) is 30.6 Å². The summed E-state index contributed by atoms with van der Waals surface area (Å²) in [7, 11) is 3.46. The number of carbonyl (C=O) groups is 2. The summed E-state index contributed by atoms with van der Waals surface area (Å²) in [5, 5.41) is 0. The molecule has 138 valence electrons. The molecule has 7 nitrogen and oxygen atoms in total. The van der Waals surface area contributed by atoms with E-state index in [1.165, 1.54) is 4.90 Å². The van der Waals surface area contributed by atoms with E-state index in [2.05, 4.69) is 4.98 Å². The van der Waals surface area contributed by atoms with Crippen molar-refractivity contribution in [3.8, 4) is 0 Å². The number of pyridine rings is 1. The summed E-state index contributed by atoms with van der Waals surface area (Å²) in [5.74, 6) is 0.870. The summed E-state index contributed by atoms with van der Waals surface area (Å²) < 4.78 is 7.65. The first-order valence-electron chi connectivity index (χ1n) is 8.64. The number of nitrogens with zero attached hydrogens (tertiary/aromatic N) is 4. The summed E-state index contributed by atoms with van der Waals surface area (Å²) >= 11 is 1.86. The lowest BCUT2D eigenvalue weighted by molar-refractivity contribution is -0.135. The van der Waals surface area contributed by atoms with Crippen LogP contribution in [0, 0.1) is 0 Å². The lowest BCUT2D eigenvalue weighted by Gasteiger charge is -2.47. The highest BCUT2D eigenvalue weighted by Crippen LogP contribution is 2.46. The molecule has 1 unspecified atom stereocenters. The molecule has 2 aliphatic rings. The Morgan fingerprint density at radius 3 is 2.96 bits per heavy atom. The first kappa shape index (κ1) is 17.4. The van der Waals surface area contributed by atoms with Gasteiger partial charge in [-0.2, -0.15) is 0 Å². The van der Waals surface area contributed by atoms with Crippen molar-refractivity contribution in [2.75, 3.05) is 39.5 Å². The number of aromatic nitrogens is 2. The van der Waals surface area contributed by atoms with Gasteiger partial charge in [0, 0.05) is 39.1 Å². The molecule has 4 rings (SSSR count). The molecule has 2 aliphatic heterocycles. The molecule has 2 amide bonds. The molecule has 2 saturated heterocycles. The number of hydrogen-bond acceptors (Lipinski definition) is 5. The second kappa shape index (κ2) is 6.59.